The van der Waals surface area contributed by atoms with Crippen molar-refractivity contribution in [3.8, 4) is 0 Å². The number of nitrogens with one attached hydrogen (secondary N) is 1. The Kier molecular flexibility index (Phi) is 6.27. The van der Waals surface area contributed by atoms with E-state index in [1.165, 1.54) is 16.8 Å². The van der Waals surface area contributed by atoms with Crippen molar-refractivity contribution in [3.05, 3.63) is 65.7 Å². The minimum atomic E-state index is 0.518. The standard InChI is InChI=1S/C21H28N2O/c1-18(7-8-19-5-3-2-4-6-19)22-17-20-9-11-21(12-10-20)23-13-15-24-16-14-23/h2-6,9-12,18,22H,7-8,13-17H2,1H3. The summed E-state index contributed by atoms with van der Waals surface area (Å²) in [5.74, 6) is 0. The van der Waals surface area contributed by atoms with Crippen LogP contribution >= 0.6 is 0 Å². The zero-order chi connectivity index (χ0) is 16.6. The molecule has 1 aliphatic heterocycles. The van der Waals surface area contributed by atoms with Gasteiger partial charge in [-0.1, -0.05) is 42.5 Å². The minimum absolute atomic E-state index is 0.518. The highest BCUT2D eigenvalue weighted by atomic mass is 16.5. The second kappa shape index (κ2) is 8.86. The first-order chi connectivity index (χ1) is 11.8. The average Bonchev–Trinajstić information content (AvgIpc) is 2.67. The van der Waals surface area contributed by atoms with Crippen molar-refractivity contribution in [3.63, 3.8) is 0 Å². The molecule has 0 aromatic heterocycles. The van der Waals surface area contributed by atoms with Crippen molar-refractivity contribution >= 4 is 5.69 Å². The summed E-state index contributed by atoms with van der Waals surface area (Å²) in [6, 6.07) is 20.2. The first-order valence-electron chi connectivity index (χ1n) is 9.00. The van der Waals surface area contributed by atoms with Gasteiger partial charge in [0.1, 0.15) is 0 Å². The molecular weight excluding hydrogens is 296 g/mol. The highest BCUT2D eigenvalue weighted by Crippen LogP contribution is 2.16. The highest BCUT2D eigenvalue weighted by molar-refractivity contribution is 5.47. The van der Waals surface area contributed by atoms with Gasteiger partial charge in [0.25, 0.3) is 0 Å². The van der Waals surface area contributed by atoms with E-state index in [4.69, 9.17) is 4.74 Å². The van der Waals surface area contributed by atoms with Gasteiger partial charge in [0.05, 0.1) is 13.2 Å². The molecule has 0 amide bonds. The second-order valence-electron chi connectivity index (χ2n) is 6.57. The number of anilines is 1. The molecule has 2 aromatic rings. The minimum Gasteiger partial charge on any atom is -0.378 e. The third-order valence-corrected chi connectivity index (χ3v) is 4.68. The smallest absolute Gasteiger partial charge is 0.0642 e. The van der Waals surface area contributed by atoms with Crippen molar-refractivity contribution in [1.29, 1.82) is 0 Å². The summed E-state index contributed by atoms with van der Waals surface area (Å²) in [5, 5.41) is 3.63. The number of hydrogen-bond acceptors (Lipinski definition) is 3. The van der Waals surface area contributed by atoms with Crippen LogP contribution in [0.3, 0.4) is 0 Å². The molecule has 2 aromatic carbocycles. The molecule has 1 aliphatic rings. The second-order valence-corrected chi connectivity index (χ2v) is 6.57. The Hall–Kier alpha value is -1.84. The van der Waals surface area contributed by atoms with Crippen LogP contribution in [-0.2, 0) is 17.7 Å². The van der Waals surface area contributed by atoms with E-state index in [2.05, 4.69) is 71.7 Å². The van der Waals surface area contributed by atoms with Crippen molar-refractivity contribution in [2.75, 3.05) is 31.2 Å². The van der Waals surface area contributed by atoms with Gasteiger partial charge in [-0.05, 0) is 43.0 Å². The van der Waals surface area contributed by atoms with Crippen LogP contribution in [0.1, 0.15) is 24.5 Å². The molecule has 1 unspecified atom stereocenters. The number of hydrogen-bond donors (Lipinski definition) is 1. The average molecular weight is 324 g/mol. The van der Waals surface area contributed by atoms with Gasteiger partial charge in [0.15, 0.2) is 0 Å². The molecule has 0 spiro atoms. The van der Waals surface area contributed by atoms with E-state index in [0.29, 0.717) is 6.04 Å². The van der Waals surface area contributed by atoms with E-state index in [1.54, 1.807) is 0 Å². The van der Waals surface area contributed by atoms with Gasteiger partial charge in [-0.3, -0.25) is 0 Å². The fourth-order valence-corrected chi connectivity index (χ4v) is 3.07. The topological polar surface area (TPSA) is 24.5 Å². The van der Waals surface area contributed by atoms with Gasteiger partial charge < -0.3 is 15.0 Å². The molecule has 3 heteroatoms. The molecule has 1 saturated heterocycles. The molecule has 1 N–H and O–H groups in total. The molecule has 1 atom stereocenters. The van der Waals surface area contributed by atoms with Crippen LogP contribution in [0.15, 0.2) is 54.6 Å². The summed E-state index contributed by atoms with van der Waals surface area (Å²) in [5.41, 5.74) is 4.07. The molecule has 128 valence electrons. The van der Waals surface area contributed by atoms with Crippen LogP contribution in [0.4, 0.5) is 5.69 Å². The van der Waals surface area contributed by atoms with Gasteiger partial charge in [0, 0.05) is 31.4 Å². The van der Waals surface area contributed by atoms with Crippen LogP contribution in [-0.4, -0.2) is 32.3 Å². The van der Waals surface area contributed by atoms with Gasteiger partial charge >= 0.3 is 0 Å². The van der Waals surface area contributed by atoms with Crippen LogP contribution < -0.4 is 10.2 Å². The summed E-state index contributed by atoms with van der Waals surface area (Å²) in [6.07, 6.45) is 2.29. The van der Waals surface area contributed by atoms with Gasteiger partial charge in [-0.25, -0.2) is 0 Å². The first-order valence-corrected chi connectivity index (χ1v) is 9.00. The maximum Gasteiger partial charge on any atom is 0.0642 e. The Morgan fingerprint density at radius 1 is 0.958 bits per heavy atom. The van der Waals surface area contributed by atoms with Crippen molar-refractivity contribution in [2.24, 2.45) is 0 Å². The van der Waals surface area contributed by atoms with Gasteiger partial charge in [0.2, 0.25) is 0 Å². The quantitative estimate of drug-likeness (QED) is 0.841. The van der Waals surface area contributed by atoms with Crippen molar-refractivity contribution in [1.82, 2.24) is 5.32 Å². The van der Waals surface area contributed by atoms with E-state index < -0.39 is 0 Å². The summed E-state index contributed by atoms with van der Waals surface area (Å²) < 4.78 is 5.41. The van der Waals surface area contributed by atoms with E-state index in [1.807, 2.05) is 0 Å². The Morgan fingerprint density at radius 2 is 1.67 bits per heavy atom. The zero-order valence-corrected chi connectivity index (χ0v) is 14.6. The Labute approximate surface area is 145 Å². The molecule has 24 heavy (non-hydrogen) atoms. The number of benzene rings is 2. The van der Waals surface area contributed by atoms with Crippen molar-refractivity contribution < 1.29 is 4.74 Å². The van der Waals surface area contributed by atoms with E-state index in [-0.39, 0.29) is 0 Å². The lowest BCUT2D eigenvalue weighted by atomic mass is 10.1. The first kappa shape index (κ1) is 17.0. The monoisotopic (exact) mass is 324 g/mol. The Balaban J connectivity index is 1.42. The van der Waals surface area contributed by atoms with Crippen molar-refractivity contribution in [2.45, 2.75) is 32.4 Å². The van der Waals surface area contributed by atoms with Crippen LogP contribution in [0.5, 0.6) is 0 Å². The lowest BCUT2D eigenvalue weighted by Gasteiger charge is -2.29. The molecule has 0 aliphatic carbocycles. The zero-order valence-electron chi connectivity index (χ0n) is 14.6. The molecule has 3 nitrogen and oxygen atoms in total. The van der Waals surface area contributed by atoms with Crippen LogP contribution in [0.2, 0.25) is 0 Å². The molecule has 1 heterocycles. The van der Waals surface area contributed by atoms with E-state index >= 15 is 0 Å². The number of nitrogens with zero attached hydrogens (tertiary/aromatic N) is 1. The third-order valence-electron chi connectivity index (χ3n) is 4.68. The molecule has 0 bridgehead atoms. The maximum absolute atomic E-state index is 5.41. The lowest BCUT2D eigenvalue weighted by molar-refractivity contribution is 0.122. The number of aryl methyl sites for hydroxylation is 1. The Morgan fingerprint density at radius 3 is 2.38 bits per heavy atom. The molecule has 3 rings (SSSR count). The maximum atomic E-state index is 5.41. The fourth-order valence-electron chi connectivity index (χ4n) is 3.07. The van der Waals surface area contributed by atoms with E-state index in [0.717, 1.165) is 45.7 Å². The van der Waals surface area contributed by atoms with Gasteiger partial charge in [-0.15, -0.1) is 0 Å². The molecule has 0 radical (unpaired) electrons. The number of morpholine rings is 1. The molecule has 1 fully saturated rings. The van der Waals surface area contributed by atoms with Crippen LogP contribution in [0, 0.1) is 0 Å². The summed E-state index contributed by atoms with van der Waals surface area (Å²) in [6.45, 7) is 6.86. The lowest BCUT2D eigenvalue weighted by Crippen LogP contribution is -2.36. The number of ether oxygens (including phenoxy) is 1. The summed E-state index contributed by atoms with van der Waals surface area (Å²) in [7, 11) is 0. The van der Waals surface area contributed by atoms with Gasteiger partial charge in [-0.2, -0.15) is 0 Å². The summed E-state index contributed by atoms with van der Waals surface area (Å²) >= 11 is 0. The number of rotatable bonds is 7. The Bertz CT molecular complexity index is 591. The largest absolute Gasteiger partial charge is 0.378 e. The predicted octanol–water partition coefficient (Wildman–Crippen LogP) is 3.63. The van der Waals surface area contributed by atoms with Crippen LogP contribution in [0.25, 0.3) is 0 Å². The predicted molar refractivity (Wildman–Crippen MR) is 101 cm³/mol. The third kappa shape index (κ3) is 5.08. The highest BCUT2D eigenvalue weighted by Gasteiger charge is 2.10. The van der Waals surface area contributed by atoms with E-state index in [9.17, 15) is 0 Å². The molecular formula is C21H28N2O. The molecule has 0 saturated carbocycles. The summed E-state index contributed by atoms with van der Waals surface area (Å²) in [4.78, 5) is 2.39. The normalized spacial score (nSPS) is 16.1. The fraction of sp³-hybridized carbons (Fsp3) is 0.429. The SMILES string of the molecule is CC(CCc1ccccc1)NCc1ccc(N2CCOCC2)cc1.